The molecular formula is C7H14O2S. The predicted molar refractivity (Wildman–Crippen MR) is 44.3 cm³/mol. The van der Waals surface area contributed by atoms with Crippen LogP contribution in [0.1, 0.15) is 26.7 Å². The molecule has 0 aromatic rings. The Morgan fingerprint density at radius 1 is 1.60 bits per heavy atom. The molecule has 0 aliphatic carbocycles. The van der Waals surface area contributed by atoms with Crippen LogP contribution in [0.5, 0.6) is 0 Å². The normalized spacial score (nSPS) is 12.7. The molecule has 0 aromatic carbocycles. The second-order valence-electron chi connectivity index (χ2n) is 2.07. The van der Waals surface area contributed by atoms with Gasteiger partial charge in [-0.15, -0.1) is 0 Å². The van der Waals surface area contributed by atoms with Crippen molar-refractivity contribution in [3.63, 3.8) is 0 Å². The summed E-state index contributed by atoms with van der Waals surface area (Å²) in [7, 11) is 0. The van der Waals surface area contributed by atoms with E-state index in [4.69, 9.17) is 4.74 Å². The number of ether oxygens (including phenoxy) is 1. The van der Waals surface area contributed by atoms with Crippen LogP contribution in [0.2, 0.25) is 0 Å². The van der Waals surface area contributed by atoms with Crippen LogP contribution in [0.15, 0.2) is 0 Å². The van der Waals surface area contributed by atoms with Crippen LogP contribution < -0.4 is 0 Å². The van der Waals surface area contributed by atoms with Gasteiger partial charge in [0, 0.05) is 5.25 Å². The highest BCUT2D eigenvalue weighted by Gasteiger charge is 2.07. The van der Waals surface area contributed by atoms with E-state index in [1.54, 1.807) is 6.92 Å². The molecule has 1 atom stereocenters. The van der Waals surface area contributed by atoms with E-state index >= 15 is 0 Å². The molecular weight excluding hydrogens is 148 g/mol. The minimum Gasteiger partial charge on any atom is -0.466 e. The molecule has 10 heavy (non-hydrogen) atoms. The molecule has 0 fully saturated rings. The lowest BCUT2D eigenvalue weighted by molar-refractivity contribution is -0.143. The van der Waals surface area contributed by atoms with Gasteiger partial charge in [-0.3, -0.25) is 4.79 Å². The molecule has 0 aliphatic heterocycles. The van der Waals surface area contributed by atoms with Gasteiger partial charge in [0.2, 0.25) is 0 Å². The van der Waals surface area contributed by atoms with Crippen LogP contribution in [-0.4, -0.2) is 17.8 Å². The van der Waals surface area contributed by atoms with Crippen molar-refractivity contribution in [3.05, 3.63) is 0 Å². The van der Waals surface area contributed by atoms with E-state index < -0.39 is 0 Å². The fourth-order valence-corrected chi connectivity index (χ4v) is 0.706. The Hall–Kier alpha value is -0.180. The SMILES string of the molecule is CCOC(=O)C[C@@H](S)CC. The highest BCUT2D eigenvalue weighted by atomic mass is 32.1. The zero-order valence-corrected chi connectivity index (χ0v) is 7.36. The number of hydrogen-bond donors (Lipinski definition) is 1. The average molecular weight is 162 g/mol. The fourth-order valence-electron chi connectivity index (χ4n) is 0.557. The third kappa shape index (κ3) is 4.68. The number of thiol groups is 1. The molecule has 0 saturated carbocycles. The summed E-state index contributed by atoms with van der Waals surface area (Å²) >= 11 is 4.16. The second-order valence-corrected chi connectivity index (χ2v) is 2.80. The molecule has 0 bridgehead atoms. The summed E-state index contributed by atoms with van der Waals surface area (Å²) < 4.78 is 4.73. The Balaban J connectivity index is 3.37. The maximum absolute atomic E-state index is 10.7. The third-order valence-corrected chi connectivity index (χ3v) is 1.73. The first kappa shape index (κ1) is 9.82. The second kappa shape index (κ2) is 5.59. The molecule has 0 aromatic heterocycles. The van der Waals surface area contributed by atoms with Gasteiger partial charge in [-0.2, -0.15) is 12.6 Å². The van der Waals surface area contributed by atoms with E-state index in [1.807, 2.05) is 6.92 Å². The van der Waals surface area contributed by atoms with Crippen molar-refractivity contribution >= 4 is 18.6 Å². The summed E-state index contributed by atoms with van der Waals surface area (Å²) in [6.07, 6.45) is 1.33. The van der Waals surface area contributed by atoms with E-state index in [1.165, 1.54) is 0 Å². The number of esters is 1. The molecule has 0 rings (SSSR count). The number of carbonyl (C=O) groups excluding carboxylic acids is 1. The first-order valence-corrected chi connectivity index (χ1v) is 4.06. The topological polar surface area (TPSA) is 26.3 Å². The predicted octanol–water partition coefficient (Wildman–Crippen LogP) is 1.65. The molecule has 60 valence electrons. The lowest BCUT2D eigenvalue weighted by Crippen LogP contribution is -2.10. The standard InChI is InChI=1S/C7H14O2S/c1-3-6(10)5-7(8)9-4-2/h6,10H,3-5H2,1-2H3/t6-/m0/s1. The first-order chi connectivity index (χ1) is 4.70. The van der Waals surface area contributed by atoms with Crippen LogP contribution in [0, 0.1) is 0 Å². The number of carbonyl (C=O) groups is 1. The minimum atomic E-state index is -0.149. The zero-order chi connectivity index (χ0) is 7.98. The van der Waals surface area contributed by atoms with Gasteiger partial charge in [-0.25, -0.2) is 0 Å². The third-order valence-electron chi connectivity index (χ3n) is 1.18. The highest BCUT2D eigenvalue weighted by molar-refractivity contribution is 7.81. The van der Waals surface area contributed by atoms with E-state index in [9.17, 15) is 4.79 Å². The van der Waals surface area contributed by atoms with Crippen LogP contribution in [0.25, 0.3) is 0 Å². The quantitative estimate of drug-likeness (QED) is 0.502. The van der Waals surface area contributed by atoms with Gasteiger partial charge in [0.05, 0.1) is 13.0 Å². The van der Waals surface area contributed by atoms with Gasteiger partial charge in [0.15, 0.2) is 0 Å². The Morgan fingerprint density at radius 3 is 2.60 bits per heavy atom. The lowest BCUT2D eigenvalue weighted by atomic mass is 10.2. The van der Waals surface area contributed by atoms with E-state index in [2.05, 4.69) is 12.6 Å². The average Bonchev–Trinajstić information content (AvgIpc) is 1.88. The Labute approximate surface area is 67.4 Å². The summed E-state index contributed by atoms with van der Waals surface area (Å²) in [6, 6.07) is 0. The van der Waals surface area contributed by atoms with Gasteiger partial charge in [-0.05, 0) is 13.3 Å². The first-order valence-electron chi connectivity index (χ1n) is 3.54. The summed E-state index contributed by atoms with van der Waals surface area (Å²) in [4.78, 5) is 10.7. The van der Waals surface area contributed by atoms with Gasteiger partial charge >= 0.3 is 5.97 Å². The molecule has 0 amide bonds. The van der Waals surface area contributed by atoms with Gasteiger partial charge in [-0.1, -0.05) is 6.92 Å². The maximum Gasteiger partial charge on any atom is 0.306 e. The maximum atomic E-state index is 10.7. The molecule has 0 spiro atoms. The van der Waals surface area contributed by atoms with Crippen molar-refractivity contribution in [1.82, 2.24) is 0 Å². The summed E-state index contributed by atoms with van der Waals surface area (Å²) in [5.41, 5.74) is 0. The van der Waals surface area contributed by atoms with Crippen LogP contribution in [0.3, 0.4) is 0 Å². The molecule has 2 nitrogen and oxygen atoms in total. The molecule has 0 radical (unpaired) electrons. The number of rotatable bonds is 4. The zero-order valence-electron chi connectivity index (χ0n) is 6.46. The van der Waals surface area contributed by atoms with E-state index in [0.717, 1.165) is 6.42 Å². The monoisotopic (exact) mass is 162 g/mol. The smallest absolute Gasteiger partial charge is 0.306 e. The molecule has 0 aliphatic rings. The van der Waals surface area contributed by atoms with Crippen LogP contribution in [0.4, 0.5) is 0 Å². The molecule has 0 heterocycles. The molecule has 3 heteroatoms. The lowest BCUT2D eigenvalue weighted by Gasteiger charge is -2.05. The largest absolute Gasteiger partial charge is 0.466 e. The summed E-state index contributed by atoms with van der Waals surface area (Å²) in [5, 5.41) is 0.152. The number of hydrogen-bond acceptors (Lipinski definition) is 3. The Bertz CT molecular complexity index is 104. The van der Waals surface area contributed by atoms with Crippen molar-refractivity contribution in [2.24, 2.45) is 0 Å². The molecule has 0 saturated heterocycles. The highest BCUT2D eigenvalue weighted by Crippen LogP contribution is 2.06. The summed E-state index contributed by atoms with van der Waals surface area (Å²) in [5.74, 6) is -0.149. The Kier molecular flexibility index (Phi) is 5.49. The molecule has 0 N–H and O–H groups in total. The van der Waals surface area contributed by atoms with Crippen molar-refractivity contribution in [3.8, 4) is 0 Å². The van der Waals surface area contributed by atoms with Crippen LogP contribution in [-0.2, 0) is 9.53 Å². The van der Waals surface area contributed by atoms with Crippen molar-refractivity contribution in [2.45, 2.75) is 31.9 Å². The van der Waals surface area contributed by atoms with Gasteiger partial charge in [0.25, 0.3) is 0 Å². The van der Waals surface area contributed by atoms with Crippen molar-refractivity contribution in [2.75, 3.05) is 6.61 Å². The van der Waals surface area contributed by atoms with Gasteiger partial charge < -0.3 is 4.74 Å². The van der Waals surface area contributed by atoms with Crippen molar-refractivity contribution in [1.29, 1.82) is 0 Å². The molecule has 0 unspecified atom stereocenters. The Morgan fingerprint density at radius 2 is 2.20 bits per heavy atom. The fraction of sp³-hybridized carbons (Fsp3) is 0.857. The van der Waals surface area contributed by atoms with E-state index in [-0.39, 0.29) is 11.2 Å². The minimum absolute atomic E-state index is 0.149. The van der Waals surface area contributed by atoms with E-state index in [0.29, 0.717) is 13.0 Å². The summed E-state index contributed by atoms with van der Waals surface area (Å²) in [6.45, 7) is 4.26. The van der Waals surface area contributed by atoms with Crippen molar-refractivity contribution < 1.29 is 9.53 Å². The van der Waals surface area contributed by atoms with Crippen LogP contribution >= 0.6 is 12.6 Å². The van der Waals surface area contributed by atoms with Gasteiger partial charge in [0.1, 0.15) is 0 Å².